The zero-order valence-electron chi connectivity index (χ0n) is 10.7. The summed E-state index contributed by atoms with van der Waals surface area (Å²) in [6.45, 7) is 0. The first-order valence-electron chi connectivity index (χ1n) is 6.36. The molecular formula is C16H8O5. The van der Waals surface area contributed by atoms with E-state index in [4.69, 9.17) is 9.47 Å². The van der Waals surface area contributed by atoms with Crippen LogP contribution in [0.3, 0.4) is 0 Å². The minimum absolute atomic E-state index is 0.139. The van der Waals surface area contributed by atoms with Crippen LogP contribution in [0.15, 0.2) is 42.5 Å². The number of fused-ring (bicyclic) bond motifs is 2. The lowest BCUT2D eigenvalue weighted by atomic mass is 9.91. The second-order valence-electron chi connectivity index (χ2n) is 4.87. The fraction of sp³-hybridized carbons (Fsp3) is 0.0625. The van der Waals surface area contributed by atoms with Gasteiger partial charge in [-0.25, -0.2) is 4.79 Å². The smallest absolute Gasteiger partial charge is 0.385 e. The molecule has 102 valence electrons. The summed E-state index contributed by atoms with van der Waals surface area (Å²) >= 11 is 0. The molecule has 1 atom stereocenters. The van der Waals surface area contributed by atoms with Crippen LogP contribution in [-0.2, 0) is 9.59 Å². The van der Waals surface area contributed by atoms with Crippen LogP contribution in [0.25, 0.3) is 0 Å². The van der Waals surface area contributed by atoms with Crippen molar-refractivity contribution in [1.29, 1.82) is 0 Å². The molecule has 0 saturated heterocycles. The molecule has 2 aliphatic heterocycles. The summed E-state index contributed by atoms with van der Waals surface area (Å²) in [7, 11) is 0. The number of ether oxygens (including phenoxy) is 2. The van der Waals surface area contributed by atoms with Gasteiger partial charge in [0.05, 0.1) is 5.56 Å². The van der Waals surface area contributed by atoms with Crippen LogP contribution in [0.4, 0.5) is 0 Å². The molecule has 0 saturated carbocycles. The van der Waals surface area contributed by atoms with Gasteiger partial charge in [0.2, 0.25) is 0 Å². The molecule has 2 aromatic rings. The lowest BCUT2D eigenvalue weighted by Crippen LogP contribution is -2.12. The molecule has 0 amide bonds. The molecule has 5 nitrogen and oxygen atoms in total. The summed E-state index contributed by atoms with van der Waals surface area (Å²) in [5.41, 5.74) is 1.53. The van der Waals surface area contributed by atoms with Gasteiger partial charge in [0.25, 0.3) is 5.78 Å². The Hall–Kier alpha value is -2.95. The van der Waals surface area contributed by atoms with E-state index < -0.39 is 23.6 Å². The first kappa shape index (κ1) is 11.8. The lowest BCUT2D eigenvalue weighted by Gasteiger charge is -2.07. The topological polar surface area (TPSA) is 69.7 Å². The van der Waals surface area contributed by atoms with Gasteiger partial charge in [-0.15, -0.1) is 0 Å². The van der Waals surface area contributed by atoms with E-state index in [9.17, 15) is 14.4 Å². The summed E-state index contributed by atoms with van der Waals surface area (Å²) in [6, 6.07) is 12.1. The van der Waals surface area contributed by atoms with Gasteiger partial charge in [-0.05, 0) is 17.7 Å². The zero-order chi connectivity index (χ0) is 14.6. The molecular weight excluding hydrogens is 272 g/mol. The van der Waals surface area contributed by atoms with Gasteiger partial charge in [-0.2, -0.15) is 0 Å². The van der Waals surface area contributed by atoms with E-state index in [-0.39, 0.29) is 11.3 Å². The number of benzene rings is 2. The Morgan fingerprint density at radius 3 is 2.38 bits per heavy atom. The predicted octanol–water partition coefficient (Wildman–Crippen LogP) is 1.84. The summed E-state index contributed by atoms with van der Waals surface area (Å²) in [6.07, 6.45) is 0. The molecule has 0 aliphatic carbocycles. The lowest BCUT2D eigenvalue weighted by molar-refractivity contribution is -0.133. The minimum atomic E-state index is -0.906. The first-order valence-corrected chi connectivity index (χ1v) is 6.36. The van der Waals surface area contributed by atoms with E-state index in [1.54, 1.807) is 0 Å². The standard InChI is InChI=1S/C16H8O5/c17-14-10-7-11-9(6-12(10)21-16(14)19)13(15(18)20-11)8-4-2-1-3-5-8/h1-7,13H. The number of rotatable bonds is 1. The number of ketones is 1. The largest absolute Gasteiger partial charge is 0.425 e. The molecule has 0 bridgehead atoms. The van der Waals surface area contributed by atoms with Crippen molar-refractivity contribution in [3.05, 3.63) is 59.2 Å². The molecule has 21 heavy (non-hydrogen) atoms. The highest BCUT2D eigenvalue weighted by Gasteiger charge is 2.39. The summed E-state index contributed by atoms with van der Waals surface area (Å²) < 4.78 is 10.1. The van der Waals surface area contributed by atoms with E-state index in [2.05, 4.69) is 0 Å². The highest BCUT2D eigenvalue weighted by Crippen LogP contribution is 2.43. The fourth-order valence-corrected chi connectivity index (χ4v) is 2.66. The Labute approximate surface area is 119 Å². The molecule has 2 aromatic carbocycles. The van der Waals surface area contributed by atoms with Crippen LogP contribution in [0.5, 0.6) is 11.5 Å². The second kappa shape index (κ2) is 4.02. The second-order valence-corrected chi connectivity index (χ2v) is 4.87. The molecule has 0 radical (unpaired) electrons. The van der Waals surface area contributed by atoms with Crippen molar-refractivity contribution in [3.8, 4) is 11.5 Å². The first-order chi connectivity index (χ1) is 10.1. The molecule has 2 heterocycles. The van der Waals surface area contributed by atoms with Crippen LogP contribution in [0, 0.1) is 0 Å². The fourth-order valence-electron chi connectivity index (χ4n) is 2.66. The Balaban J connectivity index is 1.88. The molecule has 1 unspecified atom stereocenters. The predicted molar refractivity (Wildman–Crippen MR) is 70.3 cm³/mol. The third-order valence-electron chi connectivity index (χ3n) is 3.63. The van der Waals surface area contributed by atoms with Crippen molar-refractivity contribution < 1.29 is 23.9 Å². The monoisotopic (exact) mass is 280 g/mol. The maximum absolute atomic E-state index is 12.1. The van der Waals surface area contributed by atoms with E-state index in [1.807, 2.05) is 30.3 Å². The number of hydrogen-bond acceptors (Lipinski definition) is 5. The van der Waals surface area contributed by atoms with Crippen molar-refractivity contribution in [2.75, 3.05) is 0 Å². The average molecular weight is 280 g/mol. The van der Waals surface area contributed by atoms with Gasteiger partial charge >= 0.3 is 11.9 Å². The minimum Gasteiger partial charge on any atom is -0.425 e. The molecule has 5 heteroatoms. The maximum atomic E-state index is 12.1. The molecule has 4 rings (SSSR count). The van der Waals surface area contributed by atoms with Crippen LogP contribution in [0.1, 0.15) is 27.4 Å². The van der Waals surface area contributed by atoms with Crippen molar-refractivity contribution in [2.24, 2.45) is 0 Å². The van der Waals surface area contributed by atoms with Gasteiger partial charge < -0.3 is 9.47 Å². The number of hydrogen-bond donors (Lipinski definition) is 0. The Morgan fingerprint density at radius 2 is 1.62 bits per heavy atom. The maximum Gasteiger partial charge on any atom is 0.385 e. The normalized spacial score (nSPS) is 19.0. The van der Waals surface area contributed by atoms with Gasteiger partial charge in [0.1, 0.15) is 17.4 Å². The van der Waals surface area contributed by atoms with Gasteiger partial charge in [0, 0.05) is 5.56 Å². The van der Waals surface area contributed by atoms with Crippen molar-refractivity contribution in [3.63, 3.8) is 0 Å². The van der Waals surface area contributed by atoms with E-state index in [1.165, 1.54) is 12.1 Å². The van der Waals surface area contributed by atoms with Crippen molar-refractivity contribution >= 4 is 17.7 Å². The van der Waals surface area contributed by atoms with Crippen molar-refractivity contribution in [2.45, 2.75) is 5.92 Å². The zero-order valence-corrected chi connectivity index (χ0v) is 10.7. The quantitative estimate of drug-likeness (QED) is 0.453. The van der Waals surface area contributed by atoms with E-state index in [0.717, 1.165) is 5.56 Å². The van der Waals surface area contributed by atoms with Gasteiger partial charge in [-0.1, -0.05) is 30.3 Å². The Bertz CT molecular complexity index is 807. The molecule has 0 N–H and O–H groups in total. The molecule has 0 spiro atoms. The van der Waals surface area contributed by atoms with Crippen LogP contribution >= 0.6 is 0 Å². The van der Waals surface area contributed by atoms with Gasteiger partial charge in [-0.3, -0.25) is 9.59 Å². The van der Waals surface area contributed by atoms with Crippen LogP contribution < -0.4 is 9.47 Å². The number of Topliss-reactive ketones (excluding diaryl/α,β-unsaturated/α-hetero) is 1. The molecule has 0 fully saturated rings. The summed E-state index contributed by atoms with van der Waals surface area (Å²) in [5.74, 6) is -2.11. The number of carbonyl (C=O) groups is 3. The highest BCUT2D eigenvalue weighted by molar-refractivity contribution is 6.44. The summed E-state index contributed by atoms with van der Waals surface area (Å²) in [4.78, 5) is 35.0. The third kappa shape index (κ3) is 1.61. The van der Waals surface area contributed by atoms with Crippen LogP contribution in [0.2, 0.25) is 0 Å². The molecule has 0 aromatic heterocycles. The SMILES string of the molecule is O=C1Oc2cc3c(cc2C1=O)OC(=O)C3c1ccccc1. The van der Waals surface area contributed by atoms with Crippen molar-refractivity contribution in [1.82, 2.24) is 0 Å². The Kier molecular flexibility index (Phi) is 2.27. The van der Waals surface area contributed by atoms with E-state index >= 15 is 0 Å². The number of esters is 2. The third-order valence-corrected chi connectivity index (χ3v) is 3.63. The Morgan fingerprint density at radius 1 is 0.857 bits per heavy atom. The molecule has 2 aliphatic rings. The van der Waals surface area contributed by atoms with Crippen LogP contribution in [-0.4, -0.2) is 17.7 Å². The average Bonchev–Trinajstić information content (AvgIpc) is 2.94. The highest BCUT2D eigenvalue weighted by atomic mass is 16.6. The summed E-state index contributed by atoms with van der Waals surface area (Å²) in [5, 5.41) is 0. The van der Waals surface area contributed by atoms with Gasteiger partial charge in [0.15, 0.2) is 0 Å². The van der Waals surface area contributed by atoms with E-state index in [0.29, 0.717) is 11.3 Å². The number of carbonyl (C=O) groups excluding carboxylic acids is 3.